The van der Waals surface area contributed by atoms with Crippen molar-refractivity contribution in [2.24, 2.45) is 0 Å². The predicted octanol–water partition coefficient (Wildman–Crippen LogP) is 4.23. The molecule has 1 fully saturated rings. The summed E-state index contributed by atoms with van der Waals surface area (Å²) < 4.78 is 12.1. The van der Waals surface area contributed by atoms with Crippen LogP contribution in [0, 0.1) is 0 Å². The van der Waals surface area contributed by atoms with Gasteiger partial charge in [-0.2, -0.15) is 0 Å². The molecule has 4 rings (SSSR count). The Kier molecular flexibility index (Phi) is 7.93. The van der Waals surface area contributed by atoms with Gasteiger partial charge in [-0.15, -0.1) is 0 Å². The van der Waals surface area contributed by atoms with Gasteiger partial charge in [0, 0.05) is 31.0 Å². The maximum atomic E-state index is 13.2. The Morgan fingerprint density at radius 2 is 1.84 bits per heavy atom. The largest absolute Gasteiger partial charge is 0.507 e. The van der Waals surface area contributed by atoms with Gasteiger partial charge in [-0.05, 0) is 49.2 Å². The lowest BCUT2D eigenvalue weighted by Crippen LogP contribution is -2.31. The van der Waals surface area contributed by atoms with E-state index in [2.05, 4.69) is 4.98 Å². The second kappa shape index (κ2) is 11.3. The molecule has 2 heterocycles. The van der Waals surface area contributed by atoms with E-state index in [1.165, 1.54) is 18.1 Å². The standard InChI is InChI=1S/C27H26ClN3O6/c1-3-37-21-10-9-19(15-20(21)28)24(32)22-23(17-5-7-18(8-6-17)27(35)36-2)31(26(34)25(22)33)13-4-12-30-14-11-29-16-30/h5-11,14-16,23,32H,3-4,12-13H2,1-2H3/b24-22+/t23-/m0/s1. The topological polar surface area (TPSA) is 111 Å². The highest BCUT2D eigenvalue weighted by Gasteiger charge is 2.45. The molecule has 0 unspecified atom stereocenters. The number of aryl methyl sites for hydroxylation is 1. The van der Waals surface area contributed by atoms with Gasteiger partial charge in [0.1, 0.15) is 11.5 Å². The molecule has 0 bridgehead atoms. The minimum atomic E-state index is -0.861. The Balaban J connectivity index is 1.74. The molecule has 192 valence electrons. The van der Waals surface area contributed by atoms with E-state index >= 15 is 0 Å². The summed E-state index contributed by atoms with van der Waals surface area (Å²) >= 11 is 6.31. The second-order valence-corrected chi connectivity index (χ2v) is 8.75. The van der Waals surface area contributed by atoms with E-state index in [1.54, 1.807) is 48.9 Å². The monoisotopic (exact) mass is 523 g/mol. The van der Waals surface area contributed by atoms with Crippen LogP contribution in [0.1, 0.15) is 40.9 Å². The van der Waals surface area contributed by atoms with Crippen LogP contribution < -0.4 is 4.74 Å². The number of imidazole rings is 1. The first kappa shape index (κ1) is 26.0. The van der Waals surface area contributed by atoms with E-state index in [1.807, 2.05) is 17.7 Å². The first-order valence-corrected chi connectivity index (χ1v) is 12.1. The van der Waals surface area contributed by atoms with Gasteiger partial charge in [-0.25, -0.2) is 9.78 Å². The zero-order chi connectivity index (χ0) is 26.5. The van der Waals surface area contributed by atoms with E-state index in [0.717, 1.165) is 0 Å². The summed E-state index contributed by atoms with van der Waals surface area (Å²) in [7, 11) is 1.29. The van der Waals surface area contributed by atoms with Crippen LogP contribution >= 0.6 is 11.6 Å². The number of hydrogen-bond donors (Lipinski definition) is 1. The Bertz CT molecular complexity index is 1330. The van der Waals surface area contributed by atoms with Crippen LogP contribution in [0.4, 0.5) is 0 Å². The predicted molar refractivity (Wildman–Crippen MR) is 136 cm³/mol. The molecule has 10 heteroatoms. The van der Waals surface area contributed by atoms with Crippen LogP contribution in [-0.2, 0) is 20.9 Å². The smallest absolute Gasteiger partial charge is 0.337 e. The Morgan fingerprint density at radius 1 is 1.11 bits per heavy atom. The molecular weight excluding hydrogens is 498 g/mol. The first-order valence-electron chi connectivity index (χ1n) is 11.7. The zero-order valence-corrected chi connectivity index (χ0v) is 21.1. The second-order valence-electron chi connectivity index (χ2n) is 8.34. The van der Waals surface area contributed by atoms with Gasteiger partial charge in [-0.3, -0.25) is 9.59 Å². The number of benzene rings is 2. The number of carbonyl (C=O) groups is 3. The zero-order valence-electron chi connectivity index (χ0n) is 20.4. The number of ether oxygens (including phenoxy) is 2. The quantitative estimate of drug-likeness (QED) is 0.193. The minimum Gasteiger partial charge on any atom is -0.507 e. The third kappa shape index (κ3) is 5.36. The van der Waals surface area contributed by atoms with Crippen LogP contribution in [0.5, 0.6) is 5.75 Å². The van der Waals surface area contributed by atoms with Crippen molar-refractivity contribution in [3.05, 3.63) is 88.5 Å². The molecule has 2 aromatic carbocycles. The third-order valence-corrected chi connectivity index (χ3v) is 6.36. The summed E-state index contributed by atoms with van der Waals surface area (Å²) in [5.41, 5.74) is 1.11. The number of halogens is 1. The molecular formula is C27H26ClN3O6. The molecule has 0 saturated carbocycles. The number of likely N-dealkylation sites (tertiary alicyclic amines) is 1. The molecule has 1 atom stereocenters. The third-order valence-electron chi connectivity index (χ3n) is 6.07. The van der Waals surface area contributed by atoms with E-state index in [4.69, 9.17) is 21.1 Å². The number of ketones is 1. The maximum Gasteiger partial charge on any atom is 0.337 e. The van der Waals surface area contributed by atoms with E-state index in [9.17, 15) is 19.5 Å². The number of esters is 1. The molecule has 0 aliphatic carbocycles. The number of hydrogen-bond acceptors (Lipinski definition) is 7. The van der Waals surface area contributed by atoms with Crippen molar-refractivity contribution >= 4 is 35.0 Å². The summed E-state index contributed by atoms with van der Waals surface area (Å²) in [6.45, 7) is 3.08. The molecule has 37 heavy (non-hydrogen) atoms. The fourth-order valence-corrected chi connectivity index (χ4v) is 4.53. The van der Waals surface area contributed by atoms with Crippen LogP contribution in [0.2, 0.25) is 5.02 Å². The highest BCUT2D eigenvalue weighted by atomic mass is 35.5. The normalized spacial score (nSPS) is 16.7. The Hall–Kier alpha value is -4.11. The summed E-state index contributed by atoms with van der Waals surface area (Å²) in [5.74, 6) is -1.93. The Labute approximate surface area is 218 Å². The fraction of sp³-hybridized carbons (Fsp3) is 0.259. The molecule has 3 aromatic rings. The van der Waals surface area contributed by atoms with E-state index in [-0.39, 0.29) is 28.5 Å². The first-order chi connectivity index (χ1) is 17.8. The summed E-state index contributed by atoms with van der Waals surface area (Å²) in [4.78, 5) is 43.7. The maximum absolute atomic E-state index is 13.2. The average molecular weight is 524 g/mol. The SMILES string of the molecule is CCOc1ccc(/C(O)=C2\C(=O)C(=O)N(CCCn3ccnc3)[C@H]2c2ccc(C(=O)OC)cc2)cc1Cl. The number of nitrogens with zero attached hydrogens (tertiary/aromatic N) is 3. The van der Waals surface area contributed by atoms with Crippen molar-refractivity contribution in [1.82, 2.24) is 14.5 Å². The molecule has 1 aliphatic heterocycles. The van der Waals surface area contributed by atoms with Crippen molar-refractivity contribution in [2.75, 3.05) is 20.3 Å². The van der Waals surface area contributed by atoms with Gasteiger partial charge in [0.25, 0.3) is 11.7 Å². The van der Waals surface area contributed by atoms with Crippen molar-refractivity contribution in [2.45, 2.75) is 25.9 Å². The minimum absolute atomic E-state index is 0.0568. The van der Waals surface area contributed by atoms with Crippen LogP contribution in [0.15, 0.2) is 66.8 Å². The van der Waals surface area contributed by atoms with Gasteiger partial charge in [0.2, 0.25) is 0 Å². The molecule has 1 amide bonds. The highest BCUT2D eigenvalue weighted by molar-refractivity contribution is 6.46. The van der Waals surface area contributed by atoms with Gasteiger partial charge in [0.15, 0.2) is 0 Å². The van der Waals surface area contributed by atoms with Gasteiger partial charge >= 0.3 is 5.97 Å². The molecule has 0 radical (unpaired) electrons. The number of carbonyl (C=O) groups excluding carboxylic acids is 3. The number of amides is 1. The summed E-state index contributed by atoms with van der Waals surface area (Å²) in [6.07, 6.45) is 5.70. The number of Topliss-reactive ketones (excluding diaryl/α,β-unsaturated/α-hetero) is 1. The number of aliphatic hydroxyl groups is 1. The number of methoxy groups -OCH3 is 1. The van der Waals surface area contributed by atoms with E-state index < -0.39 is 23.7 Å². The molecule has 1 saturated heterocycles. The van der Waals surface area contributed by atoms with Gasteiger partial charge < -0.3 is 24.0 Å². The average Bonchev–Trinajstić information content (AvgIpc) is 3.51. The lowest BCUT2D eigenvalue weighted by atomic mass is 9.94. The van der Waals surface area contributed by atoms with Gasteiger partial charge in [0.05, 0.1) is 42.2 Å². The number of aromatic nitrogens is 2. The van der Waals surface area contributed by atoms with Gasteiger partial charge in [-0.1, -0.05) is 23.7 Å². The highest BCUT2D eigenvalue weighted by Crippen LogP contribution is 2.40. The summed E-state index contributed by atoms with van der Waals surface area (Å²) in [6, 6.07) is 10.2. The lowest BCUT2D eigenvalue weighted by Gasteiger charge is -2.25. The molecule has 1 N–H and O–H groups in total. The van der Waals surface area contributed by atoms with Crippen molar-refractivity contribution in [3.8, 4) is 5.75 Å². The fourth-order valence-electron chi connectivity index (χ4n) is 4.30. The van der Waals surface area contributed by atoms with Crippen molar-refractivity contribution in [3.63, 3.8) is 0 Å². The summed E-state index contributed by atoms with van der Waals surface area (Å²) in [5, 5.41) is 11.5. The molecule has 1 aromatic heterocycles. The molecule has 9 nitrogen and oxygen atoms in total. The van der Waals surface area contributed by atoms with Crippen LogP contribution in [0.3, 0.4) is 0 Å². The number of rotatable bonds is 9. The molecule has 0 spiro atoms. The Morgan fingerprint density at radius 3 is 2.46 bits per heavy atom. The van der Waals surface area contributed by atoms with E-state index in [0.29, 0.717) is 36.4 Å². The lowest BCUT2D eigenvalue weighted by molar-refractivity contribution is -0.139. The number of aliphatic hydroxyl groups excluding tert-OH is 1. The van der Waals surface area contributed by atoms with Crippen LogP contribution in [0.25, 0.3) is 5.76 Å². The van der Waals surface area contributed by atoms with Crippen molar-refractivity contribution < 1.29 is 29.0 Å². The van der Waals surface area contributed by atoms with Crippen LogP contribution in [-0.4, -0.2) is 57.5 Å². The molecule has 1 aliphatic rings. The van der Waals surface area contributed by atoms with Crippen molar-refractivity contribution in [1.29, 1.82) is 0 Å².